The third-order valence-corrected chi connectivity index (χ3v) is 4.95. The van der Waals surface area contributed by atoms with Crippen molar-refractivity contribution in [2.75, 3.05) is 11.6 Å². The molecule has 0 unspecified atom stereocenters. The Balaban J connectivity index is 1.73. The van der Waals surface area contributed by atoms with E-state index in [4.69, 9.17) is 20.8 Å². The van der Waals surface area contributed by atoms with E-state index in [0.29, 0.717) is 34.4 Å². The maximum atomic E-state index is 12.3. The average Bonchev–Trinajstić information content (AvgIpc) is 2.75. The van der Waals surface area contributed by atoms with Crippen molar-refractivity contribution in [3.63, 3.8) is 0 Å². The van der Waals surface area contributed by atoms with E-state index in [1.54, 1.807) is 24.5 Å². The van der Waals surface area contributed by atoms with Gasteiger partial charge in [-0.2, -0.15) is 0 Å². The molecule has 6 nitrogen and oxygen atoms in total. The van der Waals surface area contributed by atoms with Gasteiger partial charge in [-0.3, -0.25) is 0 Å². The van der Waals surface area contributed by atoms with E-state index in [2.05, 4.69) is 9.97 Å². The Hall–Kier alpha value is -3.38. The molecule has 0 radical (unpaired) electrons. The van der Waals surface area contributed by atoms with Crippen LogP contribution in [-0.2, 0) is 6.54 Å². The van der Waals surface area contributed by atoms with Gasteiger partial charge in [-0.15, -0.1) is 0 Å². The fourth-order valence-electron chi connectivity index (χ4n) is 3.43. The second-order valence-electron chi connectivity index (χ2n) is 6.41. The first-order valence-corrected chi connectivity index (χ1v) is 9.08. The number of anilines is 1. The van der Waals surface area contributed by atoms with Crippen molar-refractivity contribution in [1.29, 1.82) is 0 Å². The Bertz CT molecular complexity index is 1230. The molecule has 138 valence electrons. The Morgan fingerprint density at radius 2 is 1.82 bits per heavy atom. The van der Waals surface area contributed by atoms with Crippen LogP contribution in [0.2, 0.25) is 5.02 Å². The summed E-state index contributed by atoms with van der Waals surface area (Å²) in [6.07, 6.45) is 3.34. The molecule has 7 heteroatoms. The third kappa shape index (κ3) is 2.78. The Labute approximate surface area is 165 Å². The standard InChI is InChI=1S/C21H14ClN3O3/c22-17-9-15-14(13-5-2-1-3-6-13)10-18(26)28-19(15)16-11-25(12-27-20(16)17)21-23-7-4-8-24-21/h1-10H,11-12H2. The molecule has 2 aromatic heterocycles. The Morgan fingerprint density at radius 3 is 2.61 bits per heavy atom. The SMILES string of the molecule is O=c1cc(-c2ccccc2)c2cc(Cl)c3c(c2o1)CN(c1ncccn1)CO3. The average molecular weight is 392 g/mol. The van der Waals surface area contributed by atoms with Crippen LogP contribution in [0.25, 0.3) is 22.1 Å². The number of ether oxygens (including phenoxy) is 1. The first-order valence-electron chi connectivity index (χ1n) is 8.70. The smallest absolute Gasteiger partial charge is 0.336 e. The normalized spacial score (nSPS) is 13.2. The molecule has 0 spiro atoms. The van der Waals surface area contributed by atoms with Gasteiger partial charge in [0.1, 0.15) is 11.3 Å². The molecule has 28 heavy (non-hydrogen) atoms. The summed E-state index contributed by atoms with van der Waals surface area (Å²) in [6.45, 7) is 0.669. The number of aromatic nitrogens is 2. The van der Waals surface area contributed by atoms with Gasteiger partial charge >= 0.3 is 5.63 Å². The second-order valence-corrected chi connectivity index (χ2v) is 6.82. The quantitative estimate of drug-likeness (QED) is 0.475. The van der Waals surface area contributed by atoms with Crippen molar-refractivity contribution in [1.82, 2.24) is 9.97 Å². The highest BCUT2D eigenvalue weighted by Crippen LogP contribution is 2.41. The van der Waals surface area contributed by atoms with Crippen molar-refractivity contribution in [2.24, 2.45) is 0 Å². The minimum atomic E-state index is -0.427. The number of hydrogen-bond acceptors (Lipinski definition) is 6. The van der Waals surface area contributed by atoms with E-state index in [9.17, 15) is 4.79 Å². The largest absolute Gasteiger partial charge is 0.471 e. The zero-order valence-electron chi connectivity index (χ0n) is 14.6. The minimum absolute atomic E-state index is 0.255. The second kappa shape index (κ2) is 6.65. The first kappa shape index (κ1) is 16.8. The maximum Gasteiger partial charge on any atom is 0.336 e. The van der Waals surface area contributed by atoms with Crippen LogP contribution in [0.1, 0.15) is 5.56 Å². The Kier molecular flexibility index (Phi) is 3.98. The molecule has 1 aliphatic heterocycles. The minimum Gasteiger partial charge on any atom is -0.471 e. The van der Waals surface area contributed by atoms with Crippen molar-refractivity contribution < 1.29 is 9.15 Å². The van der Waals surface area contributed by atoms with Crippen LogP contribution in [-0.4, -0.2) is 16.7 Å². The van der Waals surface area contributed by atoms with E-state index in [0.717, 1.165) is 16.5 Å². The van der Waals surface area contributed by atoms with Crippen LogP contribution in [0.3, 0.4) is 0 Å². The summed E-state index contributed by atoms with van der Waals surface area (Å²) in [5.74, 6) is 1.05. The van der Waals surface area contributed by atoms with Crippen LogP contribution in [0.15, 0.2) is 70.1 Å². The molecule has 5 rings (SSSR count). The summed E-state index contributed by atoms with van der Waals surface area (Å²) in [5.41, 5.74) is 2.42. The van der Waals surface area contributed by atoms with Gasteiger partial charge in [-0.1, -0.05) is 41.9 Å². The molecule has 0 saturated heterocycles. The number of hydrogen-bond donors (Lipinski definition) is 0. The first-order chi connectivity index (χ1) is 13.7. The molecular formula is C21H14ClN3O3. The summed E-state index contributed by atoms with van der Waals surface area (Å²) < 4.78 is 11.5. The molecule has 0 N–H and O–H groups in total. The monoisotopic (exact) mass is 391 g/mol. The highest BCUT2D eigenvalue weighted by Gasteiger charge is 2.26. The number of halogens is 1. The van der Waals surface area contributed by atoms with Gasteiger partial charge in [0.25, 0.3) is 0 Å². The van der Waals surface area contributed by atoms with Crippen LogP contribution in [0.5, 0.6) is 5.75 Å². The number of benzene rings is 2. The lowest BCUT2D eigenvalue weighted by Gasteiger charge is -2.29. The summed E-state index contributed by atoms with van der Waals surface area (Å²) in [5, 5.41) is 1.23. The van der Waals surface area contributed by atoms with Gasteiger partial charge in [-0.25, -0.2) is 14.8 Å². The summed E-state index contributed by atoms with van der Waals surface area (Å²) >= 11 is 6.52. The lowest BCUT2D eigenvalue weighted by molar-refractivity contribution is 0.287. The molecule has 1 aliphatic rings. The topological polar surface area (TPSA) is 68.5 Å². The van der Waals surface area contributed by atoms with E-state index < -0.39 is 5.63 Å². The van der Waals surface area contributed by atoms with Gasteiger partial charge in [-0.05, 0) is 23.3 Å². The van der Waals surface area contributed by atoms with Crippen LogP contribution in [0, 0.1) is 0 Å². The fraction of sp³-hybridized carbons (Fsp3) is 0.0952. The van der Waals surface area contributed by atoms with E-state index >= 15 is 0 Å². The maximum absolute atomic E-state index is 12.3. The van der Waals surface area contributed by atoms with Gasteiger partial charge in [0, 0.05) is 23.8 Å². The molecule has 0 fully saturated rings. The van der Waals surface area contributed by atoms with E-state index in [-0.39, 0.29) is 6.73 Å². The summed E-state index contributed by atoms with van der Waals surface area (Å²) in [6, 6.07) is 14.7. The lowest BCUT2D eigenvalue weighted by Crippen LogP contribution is -2.33. The molecule has 0 amide bonds. The van der Waals surface area contributed by atoms with Crippen LogP contribution >= 0.6 is 11.6 Å². The number of fused-ring (bicyclic) bond motifs is 3. The molecule has 0 atom stereocenters. The zero-order chi connectivity index (χ0) is 19.1. The molecule has 0 aliphatic carbocycles. The molecule has 0 bridgehead atoms. The van der Waals surface area contributed by atoms with E-state index in [1.165, 1.54) is 6.07 Å². The van der Waals surface area contributed by atoms with Gasteiger partial charge in [0.05, 0.1) is 17.1 Å². The lowest BCUT2D eigenvalue weighted by atomic mass is 9.99. The third-order valence-electron chi connectivity index (χ3n) is 4.67. The fourth-order valence-corrected chi connectivity index (χ4v) is 3.71. The van der Waals surface area contributed by atoms with Crippen molar-refractivity contribution in [3.8, 4) is 16.9 Å². The molecule has 2 aromatic carbocycles. The number of nitrogens with zero attached hydrogens (tertiary/aromatic N) is 3. The van der Waals surface area contributed by atoms with Crippen molar-refractivity contribution in [2.45, 2.75) is 6.54 Å². The predicted molar refractivity (Wildman–Crippen MR) is 107 cm³/mol. The molecule has 0 saturated carbocycles. The number of rotatable bonds is 2. The van der Waals surface area contributed by atoms with Crippen LogP contribution in [0.4, 0.5) is 5.95 Å². The highest BCUT2D eigenvalue weighted by molar-refractivity contribution is 6.33. The van der Waals surface area contributed by atoms with E-state index in [1.807, 2.05) is 35.2 Å². The highest BCUT2D eigenvalue weighted by atomic mass is 35.5. The molecule has 4 aromatic rings. The van der Waals surface area contributed by atoms with Crippen molar-refractivity contribution in [3.05, 3.63) is 81.9 Å². The van der Waals surface area contributed by atoms with Gasteiger partial charge in [0.2, 0.25) is 5.95 Å². The van der Waals surface area contributed by atoms with Crippen molar-refractivity contribution >= 4 is 28.5 Å². The van der Waals surface area contributed by atoms with Gasteiger partial charge in [0.15, 0.2) is 6.73 Å². The molecular weight excluding hydrogens is 378 g/mol. The van der Waals surface area contributed by atoms with Gasteiger partial charge < -0.3 is 14.1 Å². The Morgan fingerprint density at radius 1 is 1.04 bits per heavy atom. The zero-order valence-corrected chi connectivity index (χ0v) is 15.4. The molecule has 3 heterocycles. The predicted octanol–water partition coefficient (Wildman–Crippen LogP) is 4.26. The summed E-state index contributed by atoms with van der Waals surface area (Å²) in [7, 11) is 0. The summed E-state index contributed by atoms with van der Waals surface area (Å²) in [4.78, 5) is 22.7. The van der Waals surface area contributed by atoms with Crippen LogP contribution < -0.4 is 15.3 Å².